The van der Waals surface area contributed by atoms with E-state index in [1.807, 2.05) is 18.2 Å². The molecular weight excluding hydrogens is 244 g/mol. The minimum Gasteiger partial charge on any atom is -0.329 e. The third-order valence-electron chi connectivity index (χ3n) is 3.72. The summed E-state index contributed by atoms with van der Waals surface area (Å²) in [6.07, 6.45) is 2.73. The molecule has 0 amide bonds. The van der Waals surface area contributed by atoms with Crippen LogP contribution in [0, 0.1) is 5.92 Å². The SMILES string of the molecule is CC(C)N(CC1CC1)C(CN)c1ccccc1Cl. The van der Waals surface area contributed by atoms with Gasteiger partial charge in [-0.05, 0) is 44.2 Å². The highest BCUT2D eigenvalue weighted by atomic mass is 35.5. The lowest BCUT2D eigenvalue weighted by Crippen LogP contribution is -2.40. The molecule has 2 nitrogen and oxygen atoms in total. The van der Waals surface area contributed by atoms with Gasteiger partial charge in [-0.1, -0.05) is 29.8 Å². The molecule has 2 rings (SSSR count). The molecule has 1 atom stereocenters. The zero-order chi connectivity index (χ0) is 13.1. The van der Waals surface area contributed by atoms with Gasteiger partial charge < -0.3 is 5.73 Å². The number of nitrogens with zero attached hydrogens (tertiary/aromatic N) is 1. The summed E-state index contributed by atoms with van der Waals surface area (Å²) in [7, 11) is 0. The first-order chi connectivity index (χ1) is 8.63. The van der Waals surface area contributed by atoms with Crippen LogP contribution in [0.15, 0.2) is 24.3 Å². The molecule has 1 aromatic carbocycles. The number of benzene rings is 1. The van der Waals surface area contributed by atoms with Gasteiger partial charge >= 0.3 is 0 Å². The van der Waals surface area contributed by atoms with E-state index in [1.165, 1.54) is 12.8 Å². The van der Waals surface area contributed by atoms with E-state index < -0.39 is 0 Å². The van der Waals surface area contributed by atoms with Crippen molar-refractivity contribution in [2.24, 2.45) is 11.7 Å². The number of rotatable bonds is 6. The molecule has 1 fully saturated rings. The standard InChI is InChI=1S/C15H23ClN2/c1-11(2)18(10-12-7-8-12)15(9-17)13-5-3-4-6-14(13)16/h3-6,11-12,15H,7-10,17H2,1-2H3. The van der Waals surface area contributed by atoms with Crippen molar-refractivity contribution in [2.75, 3.05) is 13.1 Å². The Balaban J connectivity index is 2.21. The second-order valence-corrected chi connectivity index (χ2v) is 5.91. The predicted octanol–water partition coefficient (Wildman–Crippen LogP) is 3.46. The highest BCUT2D eigenvalue weighted by molar-refractivity contribution is 6.31. The molecule has 0 aliphatic heterocycles. The minimum absolute atomic E-state index is 0.235. The van der Waals surface area contributed by atoms with Gasteiger partial charge in [-0.2, -0.15) is 0 Å². The normalized spacial score (nSPS) is 17.4. The van der Waals surface area contributed by atoms with Crippen LogP contribution in [0.2, 0.25) is 5.02 Å². The number of nitrogens with two attached hydrogens (primary N) is 1. The van der Waals surface area contributed by atoms with Crippen LogP contribution in [0.4, 0.5) is 0 Å². The summed E-state index contributed by atoms with van der Waals surface area (Å²) in [5.41, 5.74) is 7.17. The number of hydrogen-bond donors (Lipinski definition) is 1. The van der Waals surface area contributed by atoms with Crippen LogP contribution < -0.4 is 5.73 Å². The minimum atomic E-state index is 0.235. The summed E-state index contributed by atoms with van der Waals surface area (Å²) in [6, 6.07) is 8.80. The molecule has 0 aromatic heterocycles. The van der Waals surface area contributed by atoms with Crippen molar-refractivity contribution in [3.05, 3.63) is 34.9 Å². The van der Waals surface area contributed by atoms with Gasteiger partial charge in [-0.25, -0.2) is 0 Å². The second-order valence-electron chi connectivity index (χ2n) is 5.51. The van der Waals surface area contributed by atoms with Crippen molar-refractivity contribution in [2.45, 2.75) is 38.8 Å². The first-order valence-electron chi connectivity index (χ1n) is 6.83. The first-order valence-corrected chi connectivity index (χ1v) is 7.21. The second kappa shape index (κ2) is 6.05. The van der Waals surface area contributed by atoms with E-state index in [-0.39, 0.29) is 6.04 Å². The largest absolute Gasteiger partial charge is 0.329 e. The third kappa shape index (κ3) is 3.25. The molecule has 2 N–H and O–H groups in total. The lowest BCUT2D eigenvalue weighted by molar-refractivity contribution is 0.150. The van der Waals surface area contributed by atoms with Crippen molar-refractivity contribution < 1.29 is 0 Å². The van der Waals surface area contributed by atoms with E-state index in [9.17, 15) is 0 Å². The zero-order valence-electron chi connectivity index (χ0n) is 11.3. The molecule has 1 unspecified atom stereocenters. The maximum absolute atomic E-state index is 6.32. The summed E-state index contributed by atoms with van der Waals surface area (Å²) < 4.78 is 0. The van der Waals surface area contributed by atoms with Crippen molar-refractivity contribution in [1.82, 2.24) is 4.90 Å². The van der Waals surface area contributed by atoms with E-state index in [2.05, 4.69) is 24.8 Å². The summed E-state index contributed by atoms with van der Waals surface area (Å²) in [4.78, 5) is 2.50. The Bertz CT molecular complexity index is 388. The fourth-order valence-electron chi connectivity index (χ4n) is 2.48. The Labute approximate surface area is 115 Å². The maximum Gasteiger partial charge on any atom is 0.0488 e. The van der Waals surface area contributed by atoms with E-state index >= 15 is 0 Å². The highest BCUT2D eigenvalue weighted by Crippen LogP contribution is 2.35. The maximum atomic E-state index is 6.32. The molecular formula is C15H23ClN2. The van der Waals surface area contributed by atoms with Crippen LogP contribution in [-0.4, -0.2) is 24.0 Å². The molecule has 1 saturated carbocycles. The van der Waals surface area contributed by atoms with Crippen LogP contribution in [-0.2, 0) is 0 Å². The number of halogens is 1. The molecule has 3 heteroatoms. The van der Waals surface area contributed by atoms with Gasteiger partial charge in [0.25, 0.3) is 0 Å². The molecule has 18 heavy (non-hydrogen) atoms. The quantitative estimate of drug-likeness (QED) is 0.854. The molecule has 0 bridgehead atoms. The molecule has 0 saturated heterocycles. The Kier molecular flexibility index (Phi) is 4.66. The van der Waals surface area contributed by atoms with Crippen LogP contribution in [0.5, 0.6) is 0 Å². The molecule has 1 aliphatic carbocycles. The average Bonchev–Trinajstić information content (AvgIpc) is 3.14. The first kappa shape index (κ1) is 13.9. The molecule has 0 spiro atoms. The van der Waals surface area contributed by atoms with Gasteiger partial charge in [0.2, 0.25) is 0 Å². The summed E-state index contributed by atoms with van der Waals surface area (Å²) in [5, 5.41) is 0.828. The Morgan fingerprint density at radius 1 is 1.33 bits per heavy atom. The fourth-order valence-corrected chi connectivity index (χ4v) is 2.74. The van der Waals surface area contributed by atoms with Gasteiger partial charge in [0.05, 0.1) is 0 Å². The van der Waals surface area contributed by atoms with E-state index in [0.717, 1.165) is 23.0 Å². The van der Waals surface area contributed by atoms with Gasteiger partial charge in [-0.3, -0.25) is 4.90 Å². The highest BCUT2D eigenvalue weighted by Gasteiger charge is 2.30. The Hall–Kier alpha value is -0.570. The van der Waals surface area contributed by atoms with Crippen LogP contribution in [0.25, 0.3) is 0 Å². The Morgan fingerprint density at radius 2 is 2.00 bits per heavy atom. The number of hydrogen-bond acceptors (Lipinski definition) is 2. The summed E-state index contributed by atoms with van der Waals surface area (Å²) in [5.74, 6) is 0.865. The molecule has 1 aliphatic rings. The zero-order valence-corrected chi connectivity index (χ0v) is 12.0. The predicted molar refractivity (Wildman–Crippen MR) is 77.8 cm³/mol. The molecule has 0 radical (unpaired) electrons. The summed E-state index contributed by atoms with van der Waals surface area (Å²) in [6.45, 7) is 6.24. The smallest absolute Gasteiger partial charge is 0.0488 e. The topological polar surface area (TPSA) is 29.3 Å². The van der Waals surface area contributed by atoms with Crippen molar-refractivity contribution >= 4 is 11.6 Å². The molecule has 1 aromatic rings. The van der Waals surface area contributed by atoms with E-state index in [1.54, 1.807) is 0 Å². The molecule has 100 valence electrons. The van der Waals surface area contributed by atoms with Gasteiger partial charge in [-0.15, -0.1) is 0 Å². The van der Waals surface area contributed by atoms with E-state index in [0.29, 0.717) is 12.6 Å². The average molecular weight is 267 g/mol. The van der Waals surface area contributed by atoms with Crippen molar-refractivity contribution in [3.63, 3.8) is 0 Å². The monoisotopic (exact) mass is 266 g/mol. The lowest BCUT2D eigenvalue weighted by atomic mass is 10.0. The van der Waals surface area contributed by atoms with Gasteiger partial charge in [0.15, 0.2) is 0 Å². The van der Waals surface area contributed by atoms with Crippen LogP contribution in [0.3, 0.4) is 0 Å². The van der Waals surface area contributed by atoms with Crippen LogP contribution in [0.1, 0.15) is 38.3 Å². The van der Waals surface area contributed by atoms with Gasteiger partial charge in [0, 0.05) is 30.2 Å². The fraction of sp³-hybridized carbons (Fsp3) is 0.600. The van der Waals surface area contributed by atoms with E-state index in [4.69, 9.17) is 17.3 Å². The third-order valence-corrected chi connectivity index (χ3v) is 4.06. The van der Waals surface area contributed by atoms with Crippen molar-refractivity contribution in [1.29, 1.82) is 0 Å². The lowest BCUT2D eigenvalue weighted by Gasteiger charge is -2.35. The summed E-state index contributed by atoms with van der Waals surface area (Å²) >= 11 is 6.32. The molecule has 0 heterocycles. The Morgan fingerprint density at radius 3 is 2.50 bits per heavy atom. The van der Waals surface area contributed by atoms with Gasteiger partial charge in [0.1, 0.15) is 0 Å². The van der Waals surface area contributed by atoms with Crippen molar-refractivity contribution in [3.8, 4) is 0 Å². The van der Waals surface area contributed by atoms with Crippen LogP contribution >= 0.6 is 11.6 Å².